The van der Waals surface area contributed by atoms with E-state index in [0.717, 1.165) is 6.54 Å². The van der Waals surface area contributed by atoms with Gasteiger partial charge in [0.2, 0.25) is 0 Å². The van der Waals surface area contributed by atoms with Gasteiger partial charge in [0.1, 0.15) is 12.7 Å². The third-order valence-electron chi connectivity index (χ3n) is 2.57. The number of rotatable bonds is 5. The van der Waals surface area contributed by atoms with E-state index in [0.29, 0.717) is 24.8 Å². The van der Waals surface area contributed by atoms with E-state index in [4.69, 9.17) is 14.2 Å². The molecule has 1 aromatic heterocycles. The maximum atomic E-state index is 5.68. The molecule has 0 aliphatic carbocycles. The highest BCUT2D eigenvalue weighted by Gasteiger charge is 2.35. The number of nitrogens with one attached hydrogen (secondary N) is 1. The maximum absolute atomic E-state index is 5.68. The first-order valence-electron chi connectivity index (χ1n) is 6.02. The third-order valence-corrected chi connectivity index (χ3v) is 2.57. The zero-order valence-corrected chi connectivity index (χ0v) is 11.0. The molecule has 1 atom stereocenters. The lowest BCUT2D eigenvalue weighted by Gasteiger charge is -2.16. The lowest BCUT2D eigenvalue weighted by molar-refractivity contribution is -0.139. The summed E-state index contributed by atoms with van der Waals surface area (Å²) in [5, 5.41) is 3.00. The summed E-state index contributed by atoms with van der Waals surface area (Å²) in [7, 11) is 1.88. The van der Waals surface area contributed by atoms with E-state index >= 15 is 0 Å². The van der Waals surface area contributed by atoms with Gasteiger partial charge in [-0.3, -0.25) is 0 Å². The average Bonchev–Trinajstić information content (AvgIpc) is 2.71. The Labute approximate surface area is 107 Å². The number of nitrogens with zero attached hydrogens (tertiary/aromatic N) is 2. The SMILES string of the molecule is CNCCOc1cnc(C2COC(C)(C)O2)nc1. The molecule has 1 aromatic rings. The first-order chi connectivity index (χ1) is 8.61. The van der Waals surface area contributed by atoms with Gasteiger partial charge in [-0.25, -0.2) is 9.97 Å². The molecule has 1 aliphatic rings. The first kappa shape index (κ1) is 13.2. The number of likely N-dealkylation sites (N-methyl/N-ethyl adjacent to an activating group) is 1. The molecule has 2 heterocycles. The van der Waals surface area contributed by atoms with Crippen LogP contribution in [0.2, 0.25) is 0 Å². The summed E-state index contributed by atoms with van der Waals surface area (Å²) in [6.07, 6.45) is 3.12. The van der Waals surface area contributed by atoms with Gasteiger partial charge in [0.05, 0.1) is 19.0 Å². The highest BCUT2D eigenvalue weighted by molar-refractivity contribution is 5.13. The minimum Gasteiger partial charge on any atom is -0.489 e. The molecule has 1 saturated heterocycles. The summed E-state index contributed by atoms with van der Waals surface area (Å²) in [5.74, 6) is 0.726. The fourth-order valence-electron chi connectivity index (χ4n) is 1.65. The average molecular weight is 253 g/mol. The van der Waals surface area contributed by atoms with Crippen LogP contribution < -0.4 is 10.1 Å². The Hall–Kier alpha value is -1.24. The Bertz CT molecular complexity index is 381. The zero-order chi connectivity index (χ0) is 13.0. The maximum Gasteiger partial charge on any atom is 0.164 e. The fourth-order valence-corrected chi connectivity index (χ4v) is 1.65. The lowest BCUT2D eigenvalue weighted by Crippen LogP contribution is -2.20. The molecule has 1 aliphatic heterocycles. The molecule has 0 amide bonds. The number of aromatic nitrogens is 2. The highest BCUT2D eigenvalue weighted by Crippen LogP contribution is 2.31. The largest absolute Gasteiger partial charge is 0.489 e. The summed E-state index contributed by atoms with van der Waals surface area (Å²) in [5.41, 5.74) is 0. The van der Waals surface area contributed by atoms with Crippen LogP contribution in [0.5, 0.6) is 5.75 Å². The second kappa shape index (κ2) is 5.60. The van der Waals surface area contributed by atoms with E-state index in [9.17, 15) is 0 Å². The van der Waals surface area contributed by atoms with Crippen molar-refractivity contribution in [3.63, 3.8) is 0 Å². The quantitative estimate of drug-likeness (QED) is 0.786. The van der Waals surface area contributed by atoms with E-state index in [1.54, 1.807) is 12.4 Å². The normalized spacial score (nSPS) is 22.1. The van der Waals surface area contributed by atoms with Crippen LogP contribution in [-0.4, -0.2) is 42.6 Å². The summed E-state index contributed by atoms with van der Waals surface area (Å²) in [6, 6.07) is 0. The smallest absolute Gasteiger partial charge is 0.164 e. The number of hydrogen-bond acceptors (Lipinski definition) is 6. The van der Waals surface area contributed by atoms with Gasteiger partial charge in [-0.05, 0) is 20.9 Å². The van der Waals surface area contributed by atoms with Gasteiger partial charge in [-0.1, -0.05) is 0 Å². The predicted octanol–water partition coefficient (Wildman–Crippen LogP) is 0.899. The van der Waals surface area contributed by atoms with Gasteiger partial charge in [0.15, 0.2) is 17.4 Å². The molecule has 18 heavy (non-hydrogen) atoms. The first-order valence-corrected chi connectivity index (χ1v) is 6.02. The van der Waals surface area contributed by atoms with E-state index in [2.05, 4.69) is 15.3 Å². The standard InChI is InChI=1S/C12H19N3O3/c1-12(2)17-8-10(18-12)11-14-6-9(7-15-11)16-5-4-13-3/h6-7,10,13H,4-5,8H2,1-3H3. The van der Waals surface area contributed by atoms with Crippen LogP contribution in [0.25, 0.3) is 0 Å². The van der Waals surface area contributed by atoms with Crippen LogP contribution >= 0.6 is 0 Å². The molecule has 6 nitrogen and oxygen atoms in total. The molecule has 1 unspecified atom stereocenters. The van der Waals surface area contributed by atoms with Crippen molar-refractivity contribution in [2.45, 2.75) is 25.7 Å². The Kier molecular flexibility index (Phi) is 4.11. The highest BCUT2D eigenvalue weighted by atomic mass is 16.7. The van der Waals surface area contributed by atoms with Crippen molar-refractivity contribution in [2.75, 3.05) is 26.8 Å². The van der Waals surface area contributed by atoms with E-state index in [-0.39, 0.29) is 6.10 Å². The van der Waals surface area contributed by atoms with E-state index in [1.807, 2.05) is 20.9 Å². The lowest BCUT2D eigenvalue weighted by atomic mass is 10.3. The molecule has 1 N–H and O–H groups in total. The summed E-state index contributed by atoms with van der Waals surface area (Å²) < 4.78 is 16.6. The number of ether oxygens (including phenoxy) is 3. The van der Waals surface area contributed by atoms with Crippen molar-refractivity contribution in [1.29, 1.82) is 0 Å². The molecule has 0 spiro atoms. The predicted molar refractivity (Wildman–Crippen MR) is 65.3 cm³/mol. The van der Waals surface area contributed by atoms with Crippen LogP contribution in [0.15, 0.2) is 12.4 Å². The summed E-state index contributed by atoms with van der Waals surface area (Å²) in [6.45, 7) is 5.61. The van der Waals surface area contributed by atoms with Gasteiger partial charge in [-0.15, -0.1) is 0 Å². The van der Waals surface area contributed by atoms with Crippen molar-refractivity contribution < 1.29 is 14.2 Å². The van der Waals surface area contributed by atoms with Crippen molar-refractivity contribution in [1.82, 2.24) is 15.3 Å². The van der Waals surface area contributed by atoms with Crippen LogP contribution in [-0.2, 0) is 9.47 Å². The minimum absolute atomic E-state index is 0.202. The molecule has 0 radical (unpaired) electrons. The van der Waals surface area contributed by atoms with Gasteiger partial charge in [-0.2, -0.15) is 0 Å². The van der Waals surface area contributed by atoms with Crippen LogP contribution in [0.3, 0.4) is 0 Å². The molecule has 100 valence electrons. The molecular formula is C12H19N3O3. The monoisotopic (exact) mass is 253 g/mol. The van der Waals surface area contributed by atoms with Crippen LogP contribution in [0.4, 0.5) is 0 Å². The van der Waals surface area contributed by atoms with Gasteiger partial charge >= 0.3 is 0 Å². The Morgan fingerprint density at radius 3 is 2.72 bits per heavy atom. The van der Waals surface area contributed by atoms with Crippen LogP contribution in [0.1, 0.15) is 25.8 Å². The second-order valence-electron chi connectivity index (χ2n) is 4.55. The summed E-state index contributed by atoms with van der Waals surface area (Å²) >= 11 is 0. The Morgan fingerprint density at radius 2 is 2.17 bits per heavy atom. The van der Waals surface area contributed by atoms with Crippen molar-refractivity contribution in [3.8, 4) is 5.75 Å². The summed E-state index contributed by atoms with van der Waals surface area (Å²) in [4.78, 5) is 8.49. The van der Waals surface area contributed by atoms with Gasteiger partial charge in [0, 0.05) is 6.54 Å². The minimum atomic E-state index is -0.560. The molecule has 0 aromatic carbocycles. The van der Waals surface area contributed by atoms with Crippen LogP contribution in [0, 0.1) is 0 Å². The van der Waals surface area contributed by atoms with Crippen molar-refractivity contribution in [2.24, 2.45) is 0 Å². The molecule has 6 heteroatoms. The molecule has 2 rings (SSSR count). The second-order valence-corrected chi connectivity index (χ2v) is 4.55. The zero-order valence-electron chi connectivity index (χ0n) is 11.0. The molecule has 0 bridgehead atoms. The third kappa shape index (κ3) is 3.38. The molecule has 0 saturated carbocycles. The van der Waals surface area contributed by atoms with E-state index < -0.39 is 5.79 Å². The molecule has 1 fully saturated rings. The van der Waals surface area contributed by atoms with Crippen molar-refractivity contribution >= 4 is 0 Å². The van der Waals surface area contributed by atoms with E-state index in [1.165, 1.54) is 0 Å². The Morgan fingerprint density at radius 1 is 1.44 bits per heavy atom. The fraction of sp³-hybridized carbons (Fsp3) is 0.667. The number of hydrogen-bond donors (Lipinski definition) is 1. The topological polar surface area (TPSA) is 65.5 Å². The van der Waals surface area contributed by atoms with Gasteiger partial charge in [0.25, 0.3) is 0 Å². The van der Waals surface area contributed by atoms with Crippen molar-refractivity contribution in [3.05, 3.63) is 18.2 Å². The van der Waals surface area contributed by atoms with Gasteiger partial charge < -0.3 is 19.5 Å². The molecular weight excluding hydrogens is 234 g/mol. The Balaban J connectivity index is 1.92.